The number of piperazine rings is 1. The van der Waals surface area contributed by atoms with Gasteiger partial charge in [0.2, 0.25) is 0 Å². The maximum Gasteiger partial charge on any atom is 0.264 e. The Hall–Kier alpha value is -2.40. The normalized spacial score (nSPS) is 16.8. The zero-order valence-corrected chi connectivity index (χ0v) is 16.4. The van der Waals surface area contributed by atoms with E-state index in [2.05, 4.69) is 30.0 Å². The summed E-state index contributed by atoms with van der Waals surface area (Å²) in [7, 11) is 0. The maximum atomic E-state index is 12.5. The number of anilines is 1. The molecular weight excluding hydrogens is 354 g/mol. The van der Waals surface area contributed by atoms with Gasteiger partial charge in [0.1, 0.15) is 5.82 Å². The topological polar surface area (TPSA) is 36.4 Å². The first-order chi connectivity index (χ1) is 13.2. The van der Waals surface area contributed by atoms with Crippen LogP contribution in [0.4, 0.5) is 5.82 Å². The highest BCUT2D eigenvalue weighted by atomic mass is 32.1. The molecule has 0 bridgehead atoms. The van der Waals surface area contributed by atoms with Gasteiger partial charge in [-0.2, -0.15) is 0 Å². The Balaban J connectivity index is 1.37. The molecule has 4 nitrogen and oxygen atoms in total. The van der Waals surface area contributed by atoms with Crippen LogP contribution in [0.1, 0.15) is 32.8 Å². The molecule has 5 heteroatoms. The number of pyridine rings is 1. The molecule has 27 heavy (non-hydrogen) atoms. The number of hydrogen-bond acceptors (Lipinski definition) is 4. The number of carbonyl (C=O) groups excluding carboxylic acids is 1. The number of benzene rings is 1. The number of nitrogens with zero attached hydrogens (tertiary/aromatic N) is 3. The fourth-order valence-corrected chi connectivity index (χ4v) is 4.99. The second-order valence-electron chi connectivity index (χ2n) is 7.55. The van der Waals surface area contributed by atoms with Crippen LogP contribution in [0.2, 0.25) is 0 Å². The molecule has 5 rings (SSSR count). The molecule has 0 atom stereocenters. The fourth-order valence-electron chi connectivity index (χ4n) is 4.30. The molecule has 1 aromatic carbocycles. The van der Waals surface area contributed by atoms with E-state index in [-0.39, 0.29) is 5.91 Å². The Morgan fingerprint density at radius 3 is 2.59 bits per heavy atom. The lowest BCUT2D eigenvalue weighted by Gasteiger charge is -2.35. The third kappa shape index (κ3) is 3.00. The van der Waals surface area contributed by atoms with Crippen LogP contribution in [-0.4, -0.2) is 42.0 Å². The highest BCUT2D eigenvalue weighted by Crippen LogP contribution is 2.30. The summed E-state index contributed by atoms with van der Waals surface area (Å²) in [6, 6.07) is 10.7. The van der Waals surface area contributed by atoms with E-state index >= 15 is 0 Å². The standard InChI is InChI=1S/C22H23N3OS/c1-15-12-21(23-19-14-17-5-2-4-16(17)13-18(15)19)24-7-9-25(10-8-24)22(26)20-6-3-11-27-20/h3,6,11-14H,2,4-5,7-10H2,1H3. The van der Waals surface area contributed by atoms with Crippen LogP contribution in [0.25, 0.3) is 10.9 Å². The molecule has 138 valence electrons. The summed E-state index contributed by atoms with van der Waals surface area (Å²) in [5, 5.41) is 3.24. The van der Waals surface area contributed by atoms with E-state index in [0.717, 1.165) is 42.4 Å². The van der Waals surface area contributed by atoms with Gasteiger partial charge in [-0.1, -0.05) is 6.07 Å². The lowest BCUT2D eigenvalue weighted by molar-refractivity contribution is 0.0751. The van der Waals surface area contributed by atoms with E-state index in [1.54, 1.807) is 0 Å². The van der Waals surface area contributed by atoms with Crippen LogP contribution in [0.5, 0.6) is 0 Å². The average Bonchev–Trinajstić information content (AvgIpc) is 3.37. The molecule has 0 N–H and O–H groups in total. The van der Waals surface area contributed by atoms with E-state index in [1.165, 1.54) is 52.7 Å². The molecule has 1 amide bonds. The summed E-state index contributed by atoms with van der Waals surface area (Å²) in [6.45, 7) is 5.35. The molecule has 3 aromatic rings. The monoisotopic (exact) mass is 377 g/mol. The van der Waals surface area contributed by atoms with E-state index in [1.807, 2.05) is 22.4 Å². The number of fused-ring (bicyclic) bond motifs is 2. The predicted molar refractivity (Wildman–Crippen MR) is 111 cm³/mol. The molecule has 0 saturated carbocycles. The van der Waals surface area contributed by atoms with Gasteiger partial charge >= 0.3 is 0 Å². The first-order valence-corrected chi connectivity index (χ1v) is 10.6. The zero-order chi connectivity index (χ0) is 18.4. The lowest BCUT2D eigenvalue weighted by atomic mass is 10.0. The summed E-state index contributed by atoms with van der Waals surface area (Å²) in [5.41, 5.74) is 5.38. The van der Waals surface area contributed by atoms with Gasteiger partial charge in [-0.15, -0.1) is 11.3 Å². The molecule has 0 spiro atoms. The molecule has 3 heterocycles. The molecular formula is C22H23N3OS. The Kier molecular flexibility index (Phi) is 4.12. The quantitative estimate of drug-likeness (QED) is 0.676. The Morgan fingerprint density at radius 2 is 1.85 bits per heavy atom. The van der Waals surface area contributed by atoms with Crippen molar-refractivity contribution < 1.29 is 4.79 Å². The van der Waals surface area contributed by atoms with Gasteiger partial charge in [-0.05, 0) is 72.5 Å². The van der Waals surface area contributed by atoms with Gasteiger partial charge in [-0.3, -0.25) is 4.79 Å². The van der Waals surface area contributed by atoms with Crippen molar-refractivity contribution in [3.63, 3.8) is 0 Å². The lowest BCUT2D eigenvalue weighted by Crippen LogP contribution is -2.48. The van der Waals surface area contributed by atoms with Crippen LogP contribution in [0.15, 0.2) is 35.7 Å². The molecule has 1 fully saturated rings. The largest absolute Gasteiger partial charge is 0.353 e. The van der Waals surface area contributed by atoms with Crippen molar-refractivity contribution in [1.29, 1.82) is 0 Å². The molecule has 2 aromatic heterocycles. The first-order valence-electron chi connectivity index (χ1n) is 9.70. The van der Waals surface area contributed by atoms with Gasteiger partial charge in [0, 0.05) is 31.6 Å². The van der Waals surface area contributed by atoms with E-state index < -0.39 is 0 Å². The van der Waals surface area contributed by atoms with Crippen LogP contribution < -0.4 is 4.90 Å². The summed E-state index contributed by atoms with van der Waals surface area (Å²) in [5.74, 6) is 1.20. The number of hydrogen-bond donors (Lipinski definition) is 0. The number of rotatable bonds is 2. The van der Waals surface area contributed by atoms with E-state index in [0.29, 0.717) is 0 Å². The number of amides is 1. The average molecular weight is 378 g/mol. The van der Waals surface area contributed by atoms with E-state index in [4.69, 9.17) is 4.98 Å². The Bertz CT molecular complexity index is 1000. The first kappa shape index (κ1) is 16.8. The van der Waals surface area contributed by atoms with Crippen LogP contribution >= 0.6 is 11.3 Å². The second kappa shape index (κ2) is 6.64. The van der Waals surface area contributed by atoms with Gasteiger partial charge in [-0.25, -0.2) is 4.98 Å². The zero-order valence-electron chi connectivity index (χ0n) is 15.6. The van der Waals surface area contributed by atoms with E-state index in [9.17, 15) is 4.79 Å². The smallest absolute Gasteiger partial charge is 0.264 e. The number of aryl methyl sites for hydroxylation is 3. The van der Waals surface area contributed by atoms with Crippen LogP contribution in [0, 0.1) is 6.92 Å². The minimum absolute atomic E-state index is 0.155. The molecule has 0 radical (unpaired) electrons. The van der Waals surface area contributed by atoms with Crippen molar-refractivity contribution >= 4 is 34.0 Å². The van der Waals surface area contributed by atoms with Crippen molar-refractivity contribution in [1.82, 2.24) is 9.88 Å². The molecule has 1 aliphatic carbocycles. The highest BCUT2D eigenvalue weighted by molar-refractivity contribution is 7.12. The molecule has 0 unspecified atom stereocenters. The van der Waals surface area contributed by atoms with Gasteiger partial charge < -0.3 is 9.80 Å². The predicted octanol–water partition coefficient (Wildman–Crippen LogP) is 4.06. The van der Waals surface area contributed by atoms with Crippen molar-refractivity contribution in [3.8, 4) is 0 Å². The number of carbonyl (C=O) groups is 1. The Morgan fingerprint density at radius 1 is 1.07 bits per heavy atom. The van der Waals surface area contributed by atoms with Crippen molar-refractivity contribution in [2.45, 2.75) is 26.2 Å². The maximum absolute atomic E-state index is 12.5. The van der Waals surface area contributed by atoms with Gasteiger partial charge in [0.15, 0.2) is 0 Å². The summed E-state index contributed by atoms with van der Waals surface area (Å²) in [4.78, 5) is 22.6. The minimum Gasteiger partial charge on any atom is -0.353 e. The molecule has 2 aliphatic rings. The number of aromatic nitrogens is 1. The van der Waals surface area contributed by atoms with Crippen molar-refractivity contribution in [2.24, 2.45) is 0 Å². The fraction of sp³-hybridized carbons (Fsp3) is 0.364. The third-order valence-electron chi connectivity index (χ3n) is 5.84. The summed E-state index contributed by atoms with van der Waals surface area (Å²) in [6.07, 6.45) is 3.64. The van der Waals surface area contributed by atoms with Crippen molar-refractivity contribution in [2.75, 3.05) is 31.1 Å². The van der Waals surface area contributed by atoms with Crippen LogP contribution in [0.3, 0.4) is 0 Å². The molecule has 1 aliphatic heterocycles. The van der Waals surface area contributed by atoms with Gasteiger partial charge in [0.05, 0.1) is 10.4 Å². The van der Waals surface area contributed by atoms with Gasteiger partial charge in [0.25, 0.3) is 5.91 Å². The number of thiophene rings is 1. The summed E-state index contributed by atoms with van der Waals surface area (Å²) < 4.78 is 0. The SMILES string of the molecule is Cc1cc(N2CCN(C(=O)c3cccs3)CC2)nc2cc3c(cc12)CCC3. The molecule has 1 saturated heterocycles. The van der Waals surface area contributed by atoms with Crippen LogP contribution in [-0.2, 0) is 12.8 Å². The highest BCUT2D eigenvalue weighted by Gasteiger charge is 2.24. The second-order valence-corrected chi connectivity index (χ2v) is 8.49. The van der Waals surface area contributed by atoms with Crippen molar-refractivity contribution in [3.05, 3.63) is 57.3 Å². The third-order valence-corrected chi connectivity index (χ3v) is 6.70. The Labute approximate surface area is 163 Å². The summed E-state index contributed by atoms with van der Waals surface area (Å²) >= 11 is 1.52. The minimum atomic E-state index is 0.155.